The van der Waals surface area contributed by atoms with E-state index in [9.17, 15) is 9.18 Å². The van der Waals surface area contributed by atoms with Crippen LogP contribution in [-0.4, -0.2) is 12.6 Å². The van der Waals surface area contributed by atoms with Crippen LogP contribution in [0.1, 0.15) is 12.5 Å². The van der Waals surface area contributed by atoms with E-state index in [0.29, 0.717) is 5.56 Å². The number of carbonyl (C=O) groups is 1. The van der Waals surface area contributed by atoms with Gasteiger partial charge in [-0.2, -0.15) is 11.3 Å². The molecule has 70 valence electrons. The summed E-state index contributed by atoms with van der Waals surface area (Å²) in [6.07, 6.45) is 0.278. The first kappa shape index (κ1) is 9.92. The van der Waals surface area contributed by atoms with Gasteiger partial charge in [-0.05, 0) is 23.8 Å². The van der Waals surface area contributed by atoms with Gasteiger partial charge in [0, 0.05) is 5.56 Å². The third kappa shape index (κ3) is 2.39. The molecule has 0 spiro atoms. The molecule has 0 aliphatic heterocycles. The molecule has 1 aromatic rings. The first-order valence-electron chi connectivity index (χ1n) is 3.79. The summed E-state index contributed by atoms with van der Waals surface area (Å²) in [5.74, 6) is -0.622. The van der Waals surface area contributed by atoms with E-state index in [-0.39, 0.29) is 18.5 Å². The Morgan fingerprint density at radius 1 is 1.77 bits per heavy atom. The van der Waals surface area contributed by atoms with Gasteiger partial charge < -0.3 is 4.74 Å². The number of carbonyl (C=O) groups excluding carboxylic acids is 1. The van der Waals surface area contributed by atoms with Gasteiger partial charge in [-0.1, -0.05) is 0 Å². The number of hydrogen-bond acceptors (Lipinski definition) is 3. The molecule has 0 aromatic carbocycles. The summed E-state index contributed by atoms with van der Waals surface area (Å²) in [5.41, 5.74) is 0.536. The van der Waals surface area contributed by atoms with Gasteiger partial charge in [0.05, 0.1) is 12.2 Å². The maximum absolute atomic E-state index is 12.3. The lowest BCUT2D eigenvalue weighted by Crippen LogP contribution is -2.05. The predicted octanol–water partition coefficient (Wildman–Crippen LogP) is 2.62. The van der Waals surface area contributed by atoms with Gasteiger partial charge in [0.2, 0.25) is 0 Å². The first-order valence-corrected chi connectivity index (χ1v) is 4.74. The average molecular weight is 200 g/mol. The second kappa shape index (κ2) is 4.77. The maximum atomic E-state index is 12.3. The van der Waals surface area contributed by atoms with Gasteiger partial charge in [0.25, 0.3) is 0 Å². The Kier molecular flexibility index (Phi) is 3.64. The van der Waals surface area contributed by atoms with Crippen molar-refractivity contribution in [1.29, 1.82) is 0 Å². The highest BCUT2D eigenvalue weighted by molar-refractivity contribution is 7.08. The molecule has 0 aliphatic carbocycles. The fourth-order valence-electron chi connectivity index (χ4n) is 0.852. The highest BCUT2D eigenvalue weighted by Crippen LogP contribution is 2.19. The van der Waals surface area contributed by atoms with Gasteiger partial charge >= 0.3 is 5.97 Å². The Morgan fingerprint density at radius 3 is 3.00 bits per heavy atom. The zero-order valence-electron chi connectivity index (χ0n) is 7.12. The van der Waals surface area contributed by atoms with Crippen LogP contribution >= 0.6 is 11.3 Å². The van der Waals surface area contributed by atoms with Crippen molar-refractivity contribution in [2.75, 3.05) is 6.61 Å². The molecule has 1 rings (SSSR count). The monoisotopic (exact) mass is 200 g/mol. The minimum absolute atomic E-state index is 0.0249. The Morgan fingerprint density at radius 2 is 2.54 bits per heavy atom. The van der Waals surface area contributed by atoms with E-state index in [1.54, 1.807) is 23.8 Å². The van der Waals surface area contributed by atoms with Crippen LogP contribution in [0.25, 0.3) is 5.57 Å². The van der Waals surface area contributed by atoms with Crippen LogP contribution in [0, 0.1) is 0 Å². The van der Waals surface area contributed by atoms with Crippen LogP contribution < -0.4 is 0 Å². The zero-order chi connectivity index (χ0) is 9.68. The van der Waals surface area contributed by atoms with E-state index in [1.165, 1.54) is 11.3 Å². The van der Waals surface area contributed by atoms with Gasteiger partial charge in [0.15, 0.2) is 0 Å². The summed E-state index contributed by atoms with van der Waals surface area (Å²) >= 11 is 1.40. The number of halogens is 1. The molecule has 0 saturated carbocycles. The van der Waals surface area contributed by atoms with Crippen LogP contribution in [0.2, 0.25) is 0 Å². The topological polar surface area (TPSA) is 26.3 Å². The molecule has 0 N–H and O–H groups in total. The third-order valence-electron chi connectivity index (χ3n) is 1.44. The van der Waals surface area contributed by atoms with E-state index in [2.05, 4.69) is 4.74 Å². The summed E-state index contributed by atoms with van der Waals surface area (Å²) < 4.78 is 17.0. The average Bonchev–Trinajstić information content (AvgIpc) is 2.59. The fraction of sp³-hybridized carbons (Fsp3) is 0.222. The molecule has 1 heterocycles. The number of esters is 1. The third-order valence-corrected chi connectivity index (χ3v) is 2.12. The van der Waals surface area contributed by atoms with Crippen molar-refractivity contribution in [2.45, 2.75) is 6.92 Å². The fourth-order valence-corrected chi connectivity index (χ4v) is 1.51. The van der Waals surface area contributed by atoms with Crippen molar-refractivity contribution in [3.63, 3.8) is 0 Å². The number of hydrogen-bond donors (Lipinski definition) is 0. The quantitative estimate of drug-likeness (QED) is 0.553. The van der Waals surface area contributed by atoms with E-state index in [1.807, 2.05) is 0 Å². The van der Waals surface area contributed by atoms with E-state index in [4.69, 9.17) is 0 Å². The smallest absolute Gasteiger partial charge is 0.341 e. The molecule has 2 nitrogen and oxygen atoms in total. The molecule has 0 radical (unpaired) electrons. The molecule has 0 aliphatic rings. The van der Waals surface area contributed by atoms with Gasteiger partial charge in [-0.15, -0.1) is 0 Å². The van der Waals surface area contributed by atoms with Crippen molar-refractivity contribution in [1.82, 2.24) is 0 Å². The maximum Gasteiger partial charge on any atom is 0.341 e. The van der Waals surface area contributed by atoms with E-state index in [0.717, 1.165) is 0 Å². The zero-order valence-corrected chi connectivity index (χ0v) is 7.94. The lowest BCUT2D eigenvalue weighted by atomic mass is 10.1. The normalized spacial score (nSPS) is 11.4. The second-order valence-electron chi connectivity index (χ2n) is 2.26. The Labute approximate surface area is 79.6 Å². The predicted molar refractivity (Wildman–Crippen MR) is 50.0 cm³/mol. The van der Waals surface area contributed by atoms with Gasteiger partial charge in [-0.3, -0.25) is 0 Å². The van der Waals surface area contributed by atoms with Crippen molar-refractivity contribution < 1.29 is 13.9 Å². The van der Waals surface area contributed by atoms with Gasteiger partial charge in [0.1, 0.15) is 6.33 Å². The lowest BCUT2D eigenvalue weighted by Gasteiger charge is -2.02. The molecular weight excluding hydrogens is 191 g/mol. The van der Waals surface area contributed by atoms with Gasteiger partial charge in [-0.25, -0.2) is 9.18 Å². The Bertz CT molecular complexity index is 303. The number of thiophene rings is 1. The van der Waals surface area contributed by atoms with Crippen LogP contribution in [0.3, 0.4) is 0 Å². The van der Waals surface area contributed by atoms with Crippen LogP contribution in [0.5, 0.6) is 0 Å². The molecule has 0 saturated heterocycles. The minimum atomic E-state index is -0.622. The molecule has 0 bridgehead atoms. The van der Waals surface area contributed by atoms with E-state index >= 15 is 0 Å². The summed E-state index contributed by atoms with van der Waals surface area (Å²) in [4.78, 5) is 11.1. The SMILES string of the molecule is CCOC(=O)/C(=C/F)c1ccsc1. The summed E-state index contributed by atoms with van der Waals surface area (Å²) in [5, 5.41) is 3.47. The number of ether oxygens (including phenoxy) is 1. The van der Waals surface area contributed by atoms with Crippen LogP contribution in [-0.2, 0) is 9.53 Å². The Hall–Kier alpha value is -1.16. The van der Waals surface area contributed by atoms with Crippen molar-refractivity contribution in [3.05, 3.63) is 28.7 Å². The molecule has 0 atom stereocenters. The standard InChI is InChI=1S/C9H9FO2S/c1-2-12-9(11)8(5-10)7-3-4-13-6-7/h3-6H,2H2,1H3/b8-5+. The molecule has 1 aromatic heterocycles. The first-order chi connectivity index (χ1) is 6.29. The summed E-state index contributed by atoms with van der Waals surface area (Å²) in [6.45, 7) is 1.93. The summed E-state index contributed by atoms with van der Waals surface area (Å²) in [7, 11) is 0. The molecule has 4 heteroatoms. The largest absolute Gasteiger partial charge is 0.462 e. The van der Waals surface area contributed by atoms with Crippen LogP contribution in [0.4, 0.5) is 4.39 Å². The van der Waals surface area contributed by atoms with Crippen molar-refractivity contribution >= 4 is 22.9 Å². The number of rotatable bonds is 3. The molecule has 0 unspecified atom stereocenters. The minimum Gasteiger partial charge on any atom is -0.462 e. The molecule has 13 heavy (non-hydrogen) atoms. The lowest BCUT2D eigenvalue weighted by molar-refractivity contribution is -0.136. The summed E-state index contributed by atoms with van der Waals surface area (Å²) in [6, 6.07) is 1.67. The van der Waals surface area contributed by atoms with Crippen molar-refractivity contribution in [3.8, 4) is 0 Å². The highest BCUT2D eigenvalue weighted by atomic mass is 32.1. The van der Waals surface area contributed by atoms with E-state index < -0.39 is 5.97 Å². The molecule has 0 amide bonds. The van der Waals surface area contributed by atoms with Crippen molar-refractivity contribution in [2.24, 2.45) is 0 Å². The molecule has 0 fully saturated rings. The second-order valence-corrected chi connectivity index (χ2v) is 3.04. The Balaban J connectivity index is 2.82. The highest BCUT2D eigenvalue weighted by Gasteiger charge is 2.13. The molecular formula is C9H9FO2S. The van der Waals surface area contributed by atoms with Crippen LogP contribution in [0.15, 0.2) is 23.2 Å².